The standard InChI is InChI=1S/C14H13ClFNS/c15-12-3-1-2-4-14(12)18-9-11-7-10(8-17)5-6-13(11)16/h1-7H,8-9,17H2. The fourth-order valence-corrected chi connectivity index (χ4v) is 2.80. The third-order valence-electron chi connectivity index (χ3n) is 2.57. The second-order valence-corrected chi connectivity index (χ2v) is 5.27. The van der Waals surface area contributed by atoms with Crippen LogP contribution in [0.25, 0.3) is 0 Å². The number of rotatable bonds is 4. The van der Waals surface area contributed by atoms with Crippen LogP contribution >= 0.6 is 23.4 Å². The van der Waals surface area contributed by atoms with E-state index in [9.17, 15) is 4.39 Å². The van der Waals surface area contributed by atoms with Gasteiger partial charge in [0.05, 0.1) is 5.02 Å². The van der Waals surface area contributed by atoms with Crippen LogP contribution in [0.5, 0.6) is 0 Å². The van der Waals surface area contributed by atoms with E-state index in [0.29, 0.717) is 22.9 Å². The summed E-state index contributed by atoms with van der Waals surface area (Å²) in [4.78, 5) is 0.955. The SMILES string of the molecule is NCc1ccc(F)c(CSc2ccccc2Cl)c1. The molecule has 0 aliphatic heterocycles. The van der Waals surface area contributed by atoms with Crippen molar-refractivity contribution in [2.75, 3.05) is 0 Å². The molecule has 4 heteroatoms. The van der Waals surface area contributed by atoms with E-state index in [-0.39, 0.29) is 5.82 Å². The summed E-state index contributed by atoms with van der Waals surface area (Å²) < 4.78 is 13.6. The summed E-state index contributed by atoms with van der Waals surface area (Å²) in [5, 5.41) is 0.692. The molecule has 2 aromatic rings. The molecule has 0 aromatic heterocycles. The van der Waals surface area contributed by atoms with Crippen molar-refractivity contribution in [3.63, 3.8) is 0 Å². The van der Waals surface area contributed by atoms with Crippen LogP contribution < -0.4 is 5.73 Å². The first-order chi connectivity index (χ1) is 8.70. The summed E-state index contributed by atoms with van der Waals surface area (Å²) in [6, 6.07) is 12.5. The molecule has 0 saturated heterocycles. The Morgan fingerprint density at radius 2 is 1.94 bits per heavy atom. The predicted octanol–water partition coefficient (Wildman–Crippen LogP) is 4.23. The van der Waals surface area contributed by atoms with E-state index in [0.717, 1.165) is 10.5 Å². The van der Waals surface area contributed by atoms with Gasteiger partial charge in [-0.15, -0.1) is 11.8 Å². The summed E-state index contributed by atoms with van der Waals surface area (Å²) in [5.74, 6) is 0.343. The van der Waals surface area contributed by atoms with Crippen molar-refractivity contribution in [2.45, 2.75) is 17.2 Å². The first kappa shape index (κ1) is 13.4. The minimum Gasteiger partial charge on any atom is -0.326 e. The van der Waals surface area contributed by atoms with Crippen molar-refractivity contribution in [3.8, 4) is 0 Å². The van der Waals surface area contributed by atoms with Gasteiger partial charge in [0.2, 0.25) is 0 Å². The number of benzene rings is 2. The zero-order chi connectivity index (χ0) is 13.0. The van der Waals surface area contributed by atoms with Crippen molar-refractivity contribution >= 4 is 23.4 Å². The Balaban J connectivity index is 2.13. The second-order valence-electron chi connectivity index (χ2n) is 3.85. The van der Waals surface area contributed by atoms with Crippen LogP contribution in [0, 0.1) is 5.82 Å². The lowest BCUT2D eigenvalue weighted by atomic mass is 10.1. The van der Waals surface area contributed by atoms with Gasteiger partial charge in [-0.3, -0.25) is 0 Å². The maximum absolute atomic E-state index is 13.6. The second kappa shape index (κ2) is 6.23. The number of hydrogen-bond acceptors (Lipinski definition) is 2. The van der Waals surface area contributed by atoms with Gasteiger partial charge in [-0.1, -0.05) is 35.9 Å². The minimum absolute atomic E-state index is 0.202. The van der Waals surface area contributed by atoms with Gasteiger partial charge < -0.3 is 5.73 Å². The molecular weight excluding hydrogens is 269 g/mol. The minimum atomic E-state index is -0.202. The fourth-order valence-electron chi connectivity index (χ4n) is 1.58. The molecule has 0 spiro atoms. The van der Waals surface area contributed by atoms with Crippen LogP contribution in [0.15, 0.2) is 47.4 Å². The average molecular weight is 282 g/mol. The first-order valence-corrected chi connectivity index (χ1v) is 6.92. The van der Waals surface area contributed by atoms with E-state index in [1.807, 2.05) is 24.3 Å². The third-order valence-corrected chi connectivity index (χ3v) is 4.13. The van der Waals surface area contributed by atoms with E-state index >= 15 is 0 Å². The Bertz CT molecular complexity index is 545. The molecule has 0 radical (unpaired) electrons. The molecule has 0 unspecified atom stereocenters. The van der Waals surface area contributed by atoms with Gasteiger partial charge in [0, 0.05) is 17.2 Å². The highest BCUT2D eigenvalue weighted by Gasteiger charge is 2.06. The molecule has 2 rings (SSSR count). The van der Waals surface area contributed by atoms with Gasteiger partial charge in [0.15, 0.2) is 0 Å². The van der Waals surface area contributed by atoms with Gasteiger partial charge in [-0.25, -0.2) is 4.39 Å². The largest absolute Gasteiger partial charge is 0.326 e. The van der Waals surface area contributed by atoms with Crippen LogP contribution in [0.2, 0.25) is 5.02 Å². The molecule has 0 fully saturated rings. The van der Waals surface area contributed by atoms with Crippen molar-refractivity contribution in [2.24, 2.45) is 5.73 Å². The first-order valence-electron chi connectivity index (χ1n) is 5.55. The molecule has 0 atom stereocenters. The van der Waals surface area contributed by atoms with E-state index in [2.05, 4.69) is 0 Å². The normalized spacial score (nSPS) is 10.6. The lowest BCUT2D eigenvalue weighted by Crippen LogP contribution is -1.98. The Morgan fingerprint density at radius 1 is 1.17 bits per heavy atom. The van der Waals surface area contributed by atoms with Gasteiger partial charge in [-0.05, 0) is 29.3 Å². The molecular formula is C14H13ClFNS. The van der Waals surface area contributed by atoms with Gasteiger partial charge in [0.1, 0.15) is 5.82 Å². The van der Waals surface area contributed by atoms with E-state index in [4.69, 9.17) is 17.3 Å². The Hall–Kier alpha value is -1.03. The summed E-state index contributed by atoms with van der Waals surface area (Å²) in [6.07, 6.45) is 0. The Labute approximate surface area is 115 Å². The van der Waals surface area contributed by atoms with Gasteiger partial charge in [-0.2, -0.15) is 0 Å². The zero-order valence-electron chi connectivity index (χ0n) is 9.70. The van der Waals surface area contributed by atoms with Crippen LogP contribution in [0.3, 0.4) is 0 Å². The molecule has 0 bridgehead atoms. The molecule has 0 amide bonds. The molecule has 94 valence electrons. The monoisotopic (exact) mass is 281 g/mol. The van der Waals surface area contributed by atoms with E-state index < -0.39 is 0 Å². The predicted molar refractivity (Wildman–Crippen MR) is 75.3 cm³/mol. The van der Waals surface area contributed by atoms with Crippen LogP contribution in [0.4, 0.5) is 4.39 Å². The number of hydrogen-bond donors (Lipinski definition) is 1. The average Bonchev–Trinajstić information content (AvgIpc) is 2.39. The summed E-state index contributed by atoms with van der Waals surface area (Å²) in [7, 11) is 0. The van der Waals surface area contributed by atoms with E-state index in [1.165, 1.54) is 17.8 Å². The highest BCUT2D eigenvalue weighted by Crippen LogP contribution is 2.30. The molecule has 0 aliphatic rings. The highest BCUT2D eigenvalue weighted by atomic mass is 35.5. The molecule has 2 aromatic carbocycles. The maximum atomic E-state index is 13.6. The van der Waals surface area contributed by atoms with Crippen molar-refractivity contribution < 1.29 is 4.39 Å². The lowest BCUT2D eigenvalue weighted by molar-refractivity contribution is 0.616. The number of halogens is 2. The van der Waals surface area contributed by atoms with E-state index in [1.54, 1.807) is 12.1 Å². The molecule has 1 nitrogen and oxygen atoms in total. The highest BCUT2D eigenvalue weighted by molar-refractivity contribution is 7.98. The molecule has 2 N–H and O–H groups in total. The van der Waals surface area contributed by atoms with Gasteiger partial charge >= 0.3 is 0 Å². The van der Waals surface area contributed by atoms with Gasteiger partial charge in [0.25, 0.3) is 0 Å². The van der Waals surface area contributed by atoms with Crippen LogP contribution in [0.1, 0.15) is 11.1 Å². The number of nitrogens with two attached hydrogens (primary N) is 1. The molecule has 0 saturated carbocycles. The smallest absolute Gasteiger partial charge is 0.127 e. The summed E-state index contributed by atoms with van der Waals surface area (Å²) in [5.41, 5.74) is 7.14. The van der Waals surface area contributed by atoms with Crippen molar-refractivity contribution in [1.82, 2.24) is 0 Å². The maximum Gasteiger partial charge on any atom is 0.127 e. The topological polar surface area (TPSA) is 26.0 Å². The zero-order valence-corrected chi connectivity index (χ0v) is 11.3. The molecule has 18 heavy (non-hydrogen) atoms. The van der Waals surface area contributed by atoms with Crippen LogP contribution in [-0.4, -0.2) is 0 Å². The summed E-state index contributed by atoms with van der Waals surface area (Å²) >= 11 is 7.57. The Morgan fingerprint density at radius 3 is 2.67 bits per heavy atom. The third kappa shape index (κ3) is 3.25. The molecule has 0 heterocycles. The molecule has 0 aliphatic carbocycles. The Kier molecular flexibility index (Phi) is 4.64. The fraction of sp³-hybridized carbons (Fsp3) is 0.143. The lowest BCUT2D eigenvalue weighted by Gasteiger charge is -2.07. The van der Waals surface area contributed by atoms with Crippen molar-refractivity contribution in [3.05, 3.63) is 64.4 Å². The number of thioether (sulfide) groups is 1. The van der Waals surface area contributed by atoms with Crippen LogP contribution in [-0.2, 0) is 12.3 Å². The van der Waals surface area contributed by atoms with Crippen molar-refractivity contribution in [1.29, 1.82) is 0 Å². The summed E-state index contributed by atoms with van der Waals surface area (Å²) in [6.45, 7) is 0.421. The quantitative estimate of drug-likeness (QED) is 0.849.